The highest BCUT2D eigenvalue weighted by Gasteiger charge is 2.16. The minimum absolute atomic E-state index is 0.0147. The fraction of sp³-hybridized carbons (Fsp3) is 0.176. The number of esters is 1. The predicted molar refractivity (Wildman–Crippen MR) is 94.1 cm³/mol. The Morgan fingerprint density at radius 2 is 1.96 bits per heavy atom. The summed E-state index contributed by atoms with van der Waals surface area (Å²) in [7, 11) is 0. The standard InChI is InChI=1S/C17H15BrN2O5/c1-11(14-7-2-3-8-15(14)18)19-16(21)10-25-17(22)12-5-4-6-13(9-12)20(23)24/h2-9,11H,10H2,1H3,(H,19,21)/t11-/m0/s1. The van der Waals surface area contributed by atoms with E-state index >= 15 is 0 Å². The van der Waals surface area contributed by atoms with E-state index in [9.17, 15) is 19.7 Å². The number of amides is 1. The molecule has 7 nitrogen and oxygen atoms in total. The van der Waals surface area contributed by atoms with Gasteiger partial charge < -0.3 is 10.1 Å². The Kier molecular flexibility index (Phi) is 6.24. The van der Waals surface area contributed by atoms with Crippen LogP contribution in [-0.2, 0) is 9.53 Å². The van der Waals surface area contributed by atoms with Gasteiger partial charge in [-0.3, -0.25) is 14.9 Å². The first kappa shape index (κ1) is 18.6. The van der Waals surface area contributed by atoms with E-state index in [4.69, 9.17) is 4.74 Å². The fourth-order valence-electron chi connectivity index (χ4n) is 2.15. The lowest BCUT2D eigenvalue weighted by Crippen LogP contribution is -2.31. The molecular formula is C17H15BrN2O5. The van der Waals surface area contributed by atoms with Crippen LogP contribution < -0.4 is 5.32 Å². The summed E-state index contributed by atoms with van der Waals surface area (Å²) in [5.41, 5.74) is 0.683. The zero-order valence-electron chi connectivity index (χ0n) is 13.3. The average Bonchev–Trinajstić information content (AvgIpc) is 2.60. The first-order valence-electron chi connectivity index (χ1n) is 7.34. The van der Waals surface area contributed by atoms with Gasteiger partial charge in [-0.2, -0.15) is 0 Å². The zero-order chi connectivity index (χ0) is 18.4. The number of carbonyl (C=O) groups is 2. The minimum Gasteiger partial charge on any atom is -0.452 e. The van der Waals surface area contributed by atoms with Gasteiger partial charge in [-0.05, 0) is 24.6 Å². The second-order valence-electron chi connectivity index (χ2n) is 5.19. The van der Waals surface area contributed by atoms with Crippen molar-refractivity contribution in [1.29, 1.82) is 0 Å². The Labute approximate surface area is 152 Å². The molecule has 0 fully saturated rings. The van der Waals surface area contributed by atoms with E-state index in [1.54, 1.807) is 6.92 Å². The highest BCUT2D eigenvalue weighted by Crippen LogP contribution is 2.22. The first-order chi connectivity index (χ1) is 11.9. The van der Waals surface area contributed by atoms with Crippen molar-refractivity contribution < 1.29 is 19.2 Å². The Bertz CT molecular complexity index is 809. The second-order valence-corrected chi connectivity index (χ2v) is 6.05. The van der Waals surface area contributed by atoms with Crippen LogP contribution in [0.1, 0.15) is 28.9 Å². The number of hydrogen-bond donors (Lipinski definition) is 1. The summed E-state index contributed by atoms with van der Waals surface area (Å²) >= 11 is 3.41. The molecule has 0 saturated heterocycles. The summed E-state index contributed by atoms with van der Waals surface area (Å²) in [5.74, 6) is -1.27. The van der Waals surface area contributed by atoms with Gasteiger partial charge in [0.15, 0.2) is 6.61 Å². The maximum Gasteiger partial charge on any atom is 0.338 e. The van der Waals surface area contributed by atoms with Crippen molar-refractivity contribution in [1.82, 2.24) is 5.32 Å². The molecular weight excluding hydrogens is 392 g/mol. The molecule has 0 aromatic heterocycles. The number of nitro groups is 1. The third-order valence-corrected chi connectivity index (χ3v) is 4.10. The van der Waals surface area contributed by atoms with Crippen molar-refractivity contribution in [2.45, 2.75) is 13.0 Å². The highest BCUT2D eigenvalue weighted by molar-refractivity contribution is 9.10. The summed E-state index contributed by atoms with van der Waals surface area (Å²) in [4.78, 5) is 33.9. The van der Waals surface area contributed by atoms with Crippen LogP contribution in [0.25, 0.3) is 0 Å². The van der Waals surface area contributed by atoms with Gasteiger partial charge in [-0.15, -0.1) is 0 Å². The summed E-state index contributed by atoms with van der Waals surface area (Å²) in [6.07, 6.45) is 0. The van der Waals surface area contributed by atoms with Crippen LogP contribution in [0.5, 0.6) is 0 Å². The molecule has 0 unspecified atom stereocenters. The van der Waals surface area contributed by atoms with Gasteiger partial charge >= 0.3 is 5.97 Å². The number of halogens is 1. The summed E-state index contributed by atoms with van der Waals surface area (Å²) in [6.45, 7) is 1.33. The lowest BCUT2D eigenvalue weighted by atomic mass is 10.1. The fourth-order valence-corrected chi connectivity index (χ4v) is 2.78. The molecule has 0 radical (unpaired) electrons. The van der Waals surface area contributed by atoms with E-state index in [0.717, 1.165) is 16.1 Å². The summed E-state index contributed by atoms with van der Waals surface area (Å²) in [5, 5.41) is 13.4. The lowest BCUT2D eigenvalue weighted by molar-refractivity contribution is -0.384. The molecule has 0 aliphatic rings. The predicted octanol–water partition coefficient (Wildman–Crippen LogP) is 3.39. The van der Waals surface area contributed by atoms with Gasteiger partial charge in [0.2, 0.25) is 0 Å². The largest absolute Gasteiger partial charge is 0.452 e. The van der Waals surface area contributed by atoms with E-state index < -0.39 is 23.4 Å². The van der Waals surface area contributed by atoms with E-state index in [0.29, 0.717) is 0 Å². The number of rotatable bonds is 6. The maximum atomic E-state index is 11.9. The number of hydrogen-bond acceptors (Lipinski definition) is 5. The number of nitrogens with zero attached hydrogens (tertiary/aromatic N) is 1. The first-order valence-corrected chi connectivity index (χ1v) is 8.13. The quantitative estimate of drug-likeness (QED) is 0.450. The minimum atomic E-state index is -0.799. The Hall–Kier alpha value is -2.74. The molecule has 0 bridgehead atoms. The number of ether oxygens (including phenoxy) is 1. The van der Waals surface area contributed by atoms with Gasteiger partial charge in [0.1, 0.15) is 0 Å². The van der Waals surface area contributed by atoms with Crippen molar-refractivity contribution in [2.24, 2.45) is 0 Å². The molecule has 1 N–H and O–H groups in total. The molecule has 0 spiro atoms. The molecule has 1 amide bonds. The monoisotopic (exact) mass is 406 g/mol. The number of nitrogens with one attached hydrogen (secondary N) is 1. The van der Waals surface area contributed by atoms with Crippen LogP contribution in [0.4, 0.5) is 5.69 Å². The molecule has 0 aliphatic heterocycles. The van der Waals surface area contributed by atoms with Crippen LogP contribution in [0.15, 0.2) is 53.0 Å². The smallest absolute Gasteiger partial charge is 0.338 e. The van der Waals surface area contributed by atoms with E-state index in [1.165, 1.54) is 18.2 Å². The highest BCUT2D eigenvalue weighted by atomic mass is 79.9. The van der Waals surface area contributed by atoms with Crippen LogP contribution in [0.3, 0.4) is 0 Å². The van der Waals surface area contributed by atoms with Crippen LogP contribution in [-0.4, -0.2) is 23.4 Å². The van der Waals surface area contributed by atoms with Crippen LogP contribution in [0, 0.1) is 10.1 Å². The van der Waals surface area contributed by atoms with Crippen molar-refractivity contribution >= 4 is 33.5 Å². The van der Waals surface area contributed by atoms with Crippen LogP contribution in [0.2, 0.25) is 0 Å². The van der Waals surface area contributed by atoms with Gasteiger partial charge in [0.05, 0.1) is 16.5 Å². The van der Waals surface area contributed by atoms with E-state index in [1.807, 2.05) is 24.3 Å². The summed E-state index contributed by atoms with van der Waals surface area (Å²) < 4.78 is 5.76. The number of benzene rings is 2. The Morgan fingerprint density at radius 1 is 1.24 bits per heavy atom. The molecule has 2 aromatic carbocycles. The van der Waals surface area contributed by atoms with Crippen molar-refractivity contribution in [3.8, 4) is 0 Å². The molecule has 130 valence electrons. The van der Waals surface area contributed by atoms with E-state index in [2.05, 4.69) is 21.2 Å². The molecule has 2 rings (SSSR count). The lowest BCUT2D eigenvalue weighted by Gasteiger charge is -2.15. The SMILES string of the molecule is C[C@H](NC(=O)COC(=O)c1cccc([N+](=O)[O-])c1)c1ccccc1Br. The molecule has 2 aromatic rings. The third kappa shape index (κ3) is 5.12. The van der Waals surface area contributed by atoms with Gasteiger partial charge in [0, 0.05) is 16.6 Å². The van der Waals surface area contributed by atoms with Gasteiger partial charge in [-0.25, -0.2) is 4.79 Å². The molecule has 25 heavy (non-hydrogen) atoms. The van der Waals surface area contributed by atoms with Gasteiger partial charge in [0.25, 0.3) is 11.6 Å². The molecule has 0 saturated carbocycles. The normalized spacial score (nSPS) is 11.4. The number of non-ortho nitro benzene ring substituents is 1. The number of carbonyl (C=O) groups excluding carboxylic acids is 2. The molecule has 0 heterocycles. The topological polar surface area (TPSA) is 98.5 Å². The maximum absolute atomic E-state index is 11.9. The third-order valence-electron chi connectivity index (χ3n) is 3.38. The van der Waals surface area contributed by atoms with Crippen molar-refractivity contribution in [3.05, 3.63) is 74.2 Å². The summed E-state index contributed by atoms with van der Waals surface area (Å²) in [6, 6.07) is 12.3. The molecule has 1 atom stereocenters. The zero-order valence-corrected chi connectivity index (χ0v) is 14.9. The van der Waals surface area contributed by atoms with Gasteiger partial charge in [-0.1, -0.05) is 40.2 Å². The van der Waals surface area contributed by atoms with E-state index in [-0.39, 0.29) is 17.3 Å². The van der Waals surface area contributed by atoms with Crippen LogP contribution >= 0.6 is 15.9 Å². The Morgan fingerprint density at radius 3 is 2.64 bits per heavy atom. The Balaban J connectivity index is 1.91. The van der Waals surface area contributed by atoms with Crippen molar-refractivity contribution in [2.75, 3.05) is 6.61 Å². The van der Waals surface area contributed by atoms with Crippen molar-refractivity contribution in [3.63, 3.8) is 0 Å². The number of nitro benzene ring substituents is 1. The average molecular weight is 407 g/mol. The second kappa shape index (κ2) is 8.39. The molecule has 8 heteroatoms. The molecule has 0 aliphatic carbocycles.